The molecule has 6 aliphatic rings. The Morgan fingerprint density at radius 2 is 1.90 bits per heavy atom. The lowest BCUT2D eigenvalue weighted by Crippen LogP contribution is -2.82. The number of fused-ring (bicyclic) bond motifs is 2. The van der Waals surface area contributed by atoms with Gasteiger partial charge < -0.3 is 29.9 Å². The second-order valence-electron chi connectivity index (χ2n) is 11.4. The van der Waals surface area contributed by atoms with Crippen LogP contribution < -0.4 is 0 Å². The summed E-state index contributed by atoms with van der Waals surface area (Å²) in [6.07, 6.45) is 1.40. The second kappa shape index (κ2) is 5.99. The zero-order valence-electron chi connectivity index (χ0n) is 18.3. The van der Waals surface area contributed by atoms with Gasteiger partial charge in [0, 0.05) is 61.8 Å². The molecule has 1 saturated heterocycles. The highest BCUT2D eigenvalue weighted by molar-refractivity contribution is 5.38. The molecule has 0 amide bonds. The maximum atomic E-state index is 12.6. The normalized spacial score (nSPS) is 63.3. The first-order chi connectivity index (χ1) is 14.2. The monoisotopic (exact) mass is 423 g/mol. The molecule has 6 rings (SSSR count). The molecule has 12 atom stereocenters. The third kappa shape index (κ3) is 1.84. The molecule has 0 aromatic heterocycles. The molecular formula is C23H37NO6. The standard InChI is InChI=1S/C23H37NO6/c1-4-24-10-20(11-29-2)6-5-16(25)23-15(20)7-13(19(23)24)21(27)9-14(30-3)12-8-22(23,28)18(21)17(12)26/h12-19,25-28H,4-11H2,1-3H3/t12-,13+,14+,15-,16+,17+,18-,19-,20+,21+,22+,23+/m1/s1. The van der Waals surface area contributed by atoms with Gasteiger partial charge in [-0.25, -0.2) is 0 Å². The van der Waals surface area contributed by atoms with Crippen LogP contribution in [0, 0.1) is 34.5 Å². The Labute approximate surface area is 178 Å². The van der Waals surface area contributed by atoms with E-state index in [1.165, 1.54) is 0 Å². The minimum atomic E-state index is -1.31. The quantitative estimate of drug-likeness (QED) is 0.504. The van der Waals surface area contributed by atoms with Gasteiger partial charge in [-0.2, -0.15) is 0 Å². The van der Waals surface area contributed by atoms with E-state index in [2.05, 4.69) is 11.8 Å². The Bertz CT molecular complexity index is 751. The predicted octanol–water partition coefficient (Wildman–Crippen LogP) is -0.00800. The molecule has 7 heteroatoms. The van der Waals surface area contributed by atoms with E-state index in [4.69, 9.17) is 9.47 Å². The highest BCUT2D eigenvalue weighted by Gasteiger charge is 2.88. The van der Waals surface area contributed by atoms with Crippen molar-refractivity contribution in [2.45, 2.75) is 74.6 Å². The smallest absolute Gasteiger partial charge is 0.0831 e. The van der Waals surface area contributed by atoms with Crippen molar-refractivity contribution in [2.75, 3.05) is 33.9 Å². The van der Waals surface area contributed by atoms with Gasteiger partial charge in [-0.1, -0.05) is 6.92 Å². The number of aliphatic hydroxyl groups is 4. The summed E-state index contributed by atoms with van der Waals surface area (Å²) in [5, 5.41) is 47.8. The fourth-order valence-electron chi connectivity index (χ4n) is 10.4. The van der Waals surface area contributed by atoms with Gasteiger partial charge in [-0.15, -0.1) is 0 Å². The number of aliphatic hydroxyl groups excluding tert-OH is 2. The topological polar surface area (TPSA) is 103 Å². The number of nitrogens with zero attached hydrogens (tertiary/aromatic N) is 1. The highest BCUT2D eigenvalue weighted by atomic mass is 16.5. The van der Waals surface area contributed by atoms with E-state index in [9.17, 15) is 20.4 Å². The van der Waals surface area contributed by atoms with Crippen molar-refractivity contribution in [2.24, 2.45) is 34.5 Å². The van der Waals surface area contributed by atoms with Gasteiger partial charge in [0.1, 0.15) is 0 Å². The van der Waals surface area contributed by atoms with E-state index in [0.717, 1.165) is 25.9 Å². The summed E-state index contributed by atoms with van der Waals surface area (Å²) in [5.41, 5.74) is -3.37. The van der Waals surface area contributed by atoms with Crippen molar-refractivity contribution >= 4 is 0 Å². The minimum absolute atomic E-state index is 0.0815. The molecule has 0 aromatic rings. The van der Waals surface area contributed by atoms with Crippen molar-refractivity contribution < 1.29 is 29.9 Å². The SMILES string of the molecule is CCN1C[C@]2(COC)CC[C@H](O)[C@@]34[C@@H]2C[C@@H]([C@@H]13)[C@@]1(O)C[C@H](OC)[C@H]2C[C@]4(O)[C@@H]1[C@H]2O. The van der Waals surface area contributed by atoms with E-state index < -0.39 is 34.7 Å². The van der Waals surface area contributed by atoms with E-state index in [0.29, 0.717) is 25.9 Å². The number of hydrogen-bond donors (Lipinski definition) is 4. The maximum Gasteiger partial charge on any atom is 0.0831 e. The number of piperidine rings is 1. The molecule has 1 aliphatic heterocycles. The number of ether oxygens (including phenoxy) is 2. The van der Waals surface area contributed by atoms with Gasteiger partial charge in [-0.3, -0.25) is 4.90 Å². The van der Waals surface area contributed by atoms with Crippen molar-refractivity contribution in [3.05, 3.63) is 0 Å². The van der Waals surface area contributed by atoms with Crippen LogP contribution in [0.5, 0.6) is 0 Å². The zero-order valence-corrected chi connectivity index (χ0v) is 18.3. The summed E-state index contributed by atoms with van der Waals surface area (Å²) in [7, 11) is 3.38. The van der Waals surface area contributed by atoms with Crippen LogP contribution in [0.4, 0.5) is 0 Å². The van der Waals surface area contributed by atoms with Gasteiger partial charge >= 0.3 is 0 Å². The molecule has 7 bridgehead atoms. The van der Waals surface area contributed by atoms with Gasteiger partial charge in [0.2, 0.25) is 0 Å². The van der Waals surface area contributed by atoms with Gasteiger partial charge in [0.05, 0.1) is 36.1 Å². The van der Waals surface area contributed by atoms with E-state index in [1.807, 2.05) is 0 Å². The Morgan fingerprint density at radius 1 is 1.13 bits per heavy atom. The van der Waals surface area contributed by atoms with E-state index in [-0.39, 0.29) is 35.3 Å². The van der Waals surface area contributed by atoms with Crippen LogP contribution in [0.1, 0.15) is 39.0 Å². The predicted molar refractivity (Wildman–Crippen MR) is 108 cm³/mol. The van der Waals surface area contributed by atoms with Crippen molar-refractivity contribution in [3.8, 4) is 0 Å². The van der Waals surface area contributed by atoms with E-state index >= 15 is 0 Å². The number of rotatable bonds is 4. The van der Waals surface area contributed by atoms with Crippen LogP contribution in [0.2, 0.25) is 0 Å². The fraction of sp³-hybridized carbons (Fsp3) is 1.00. The Kier molecular flexibility index (Phi) is 4.06. The lowest BCUT2D eigenvalue weighted by molar-refractivity contribution is -0.325. The van der Waals surface area contributed by atoms with Crippen molar-refractivity contribution in [3.63, 3.8) is 0 Å². The van der Waals surface area contributed by atoms with Crippen molar-refractivity contribution in [1.29, 1.82) is 0 Å². The summed E-state index contributed by atoms with van der Waals surface area (Å²) >= 11 is 0. The number of hydrogen-bond acceptors (Lipinski definition) is 7. The lowest BCUT2D eigenvalue weighted by Gasteiger charge is -2.71. The maximum absolute atomic E-state index is 12.6. The number of likely N-dealkylation sites (tertiary alicyclic amines) is 1. The molecule has 4 N–H and O–H groups in total. The molecule has 170 valence electrons. The van der Waals surface area contributed by atoms with Gasteiger partial charge in [-0.05, 0) is 38.1 Å². The molecule has 0 radical (unpaired) electrons. The minimum Gasteiger partial charge on any atom is -0.392 e. The van der Waals surface area contributed by atoms with E-state index in [1.54, 1.807) is 14.2 Å². The first-order valence-electron chi connectivity index (χ1n) is 11.8. The largest absolute Gasteiger partial charge is 0.392 e. The van der Waals surface area contributed by atoms with Crippen LogP contribution in [0.3, 0.4) is 0 Å². The summed E-state index contributed by atoms with van der Waals surface area (Å²) in [6.45, 7) is 4.44. The highest BCUT2D eigenvalue weighted by Crippen LogP contribution is 2.79. The Morgan fingerprint density at radius 3 is 2.57 bits per heavy atom. The average molecular weight is 424 g/mol. The van der Waals surface area contributed by atoms with Gasteiger partial charge in [0.15, 0.2) is 0 Å². The van der Waals surface area contributed by atoms with Crippen LogP contribution >= 0.6 is 0 Å². The Hall–Kier alpha value is -0.280. The average Bonchev–Trinajstić information content (AvgIpc) is 3.12. The second-order valence-corrected chi connectivity index (χ2v) is 11.4. The first-order valence-corrected chi connectivity index (χ1v) is 11.8. The van der Waals surface area contributed by atoms with Crippen LogP contribution in [0.25, 0.3) is 0 Å². The molecule has 0 aromatic carbocycles. The molecule has 1 spiro atoms. The van der Waals surface area contributed by atoms with Crippen LogP contribution in [0.15, 0.2) is 0 Å². The molecular weight excluding hydrogens is 386 g/mol. The molecule has 5 saturated carbocycles. The van der Waals surface area contributed by atoms with Gasteiger partial charge in [0.25, 0.3) is 0 Å². The molecule has 7 nitrogen and oxygen atoms in total. The first kappa shape index (κ1) is 20.3. The third-order valence-corrected chi connectivity index (χ3v) is 11.0. The third-order valence-electron chi connectivity index (χ3n) is 11.0. The molecule has 5 aliphatic carbocycles. The van der Waals surface area contributed by atoms with Crippen molar-refractivity contribution in [1.82, 2.24) is 4.90 Å². The summed E-state index contributed by atoms with van der Waals surface area (Å²) in [6, 6.07) is -0.0828. The fourth-order valence-corrected chi connectivity index (χ4v) is 10.4. The van der Waals surface area contributed by atoms with Crippen LogP contribution in [-0.4, -0.2) is 94.8 Å². The Balaban J connectivity index is 1.62. The summed E-state index contributed by atoms with van der Waals surface area (Å²) in [5.74, 6) is -0.846. The molecule has 30 heavy (non-hydrogen) atoms. The molecule has 6 fully saturated rings. The molecule has 0 unspecified atom stereocenters. The summed E-state index contributed by atoms with van der Waals surface area (Å²) in [4.78, 5) is 2.42. The number of methoxy groups -OCH3 is 2. The zero-order chi connectivity index (χ0) is 21.3. The van der Waals surface area contributed by atoms with Crippen LogP contribution in [-0.2, 0) is 9.47 Å². The lowest BCUT2D eigenvalue weighted by atomic mass is 9.41. The molecule has 1 heterocycles. The summed E-state index contributed by atoms with van der Waals surface area (Å²) < 4.78 is 11.5.